The van der Waals surface area contributed by atoms with E-state index in [1.165, 1.54) is 0 Å². The van der Waals surface area contributed by atoms with Crippen LogP contribution in [0.15, 0.2) is 0 Å². The summed E-state index contributed by atoms with van der Waals surface area (Å²) in [6.07, 6.45) is 4.03. The second-order valence-corrected chi connectivity index (χ2v) is 6.22. The molecule has 1 atom stereocenters. The van der Waals surface area contributed by atoms with Crippen molar-refractivity contribution in [2.45, 2.75) is 63.1 Å². The summed E-state index contributed by atoms with van der Waals surface area (Å²) in [4.78, 5) is 22.7. The van der Waals surface area contributed by atoms with Crippen molar-refractivity contribution < 1.29 is 19.8 Å². The molecule has 1 amide bonds. The molecule has 0 aliphatic heterocycles. The molecule has 114 valence electrons. The Bertz CT molecular complexity index is 373. The highest BCUT2D eigenvalue weighted by Crippen LogP contribution is 2.31. The first kappa shape index (κ1) is 15.3. The van der Waals surface area contributed by atoms with Gasteiger partial charge in [0.05, 0.1) is 17.6 Å². The van der Waals surface area contributed by atoms with Gasteiger partial charge in [0.25, 0.3) is 0 Å². The maximum Gasteiger partial charge on any atom is 0.306 e. The number of nitrogens with one attached hydrogen (secondary N) is 2. The van der Waals surface area contributed by atoms with E-state index in [2.05, 4.69) is 10.6 Å². The fourth-order valence-electron chi connectivity index (χ4n) is 2.57. The molecule has 4 N–H and O–H groups in total. The second kappa shape index (κ2) is 6.10. The van der Waals surface area contributed by atoms with Gasteiger partial charge >= 0.3 is 5.97 Å². The standard InChI is InChI=1S/C14H24N2O4/c1-9(12(17)16-11-2-3-11)15-8-14(20)6-4-10(5-7-14)13(18)19/h9-11,15,20H,2-8H2,1H3,(H,16,17)(H,18,19). The highest BCUT2D eigenvalue weighted by Gasteiger charge is 2.36. The Morgan fingerprint density at radius 2 is 1.85 bits per heavy atom. The SMILES string of the molecule is CC(NCC1(O)CCC(C(=O)O)CC1)C(=O)NC1CC1. The van der Waals surface area contributed by atoms with Crippen LogP contribution >= 0.6 is 0 Å². The molecule has 0 heterocycles. The molecule has 0 saturated heterocycles. The molecular weight excluding hydrogens is 260 g/mol. The molecule has 0 aromatic carbocycles. The molecule has 6 nitrogen and oxygen atoms in total. The zero-order valence-corrected chi connectivity index (χ0v) is 11.9. The number of hydrogen-bond donors (Lipinski definition) is 4. The maximum atomic E-state index is 11.8. The van der Waals surface area contributed by atoms with Crippen molar-refractivity contribution in [3.05, 3.63) is 0 Å². The van der Waals surface area contributed by atoms with Crippen molar-refractivity contribution in [3.63, 3.8) is 0 Å². The van der Waals surface area contributed by atoms with Gasteiger partial charge in [-0.2, -0.15) is 0 Å². The van der Waals surface area contributed by atoms with Crippen molar-refractivity contribution >= 4 is 11.9 Å². The van der Waals surface area contributed by atoms with E-state index >= 15 is 0 Å². The Labute approximate surface area is 118 Å². The molecular formula is C14H24N2O4. The molecule has 2 saturated carbocycles. The van der Waals surface area contributed by atoms with E-state index in [1.807, 2.05) is 0 Å². The lowest BCUT2D eigenvalue weighted by Gasteiger charge is -2.35. The third-order valence-corrected chi connectivity index (χ3v) is 4.32. The molecule has 2 fully saturated rings. The van der Waals surface area contributed by atoms with Gasteiger partial charge in [-0.1, -0.05) is 0 Å². The Balaban J connectivity index is 1.72. The van der Waals surface area contributed by atoms with Gasteiger partial charge in [0.15, 0.2) is 0 Å². The van der Waals surface area contributed by atoms with E-state index in [9.17, 15) is 14.7 Å². The molecule has 2 rings (SSSR count). The Morgan fingerprint density at radius 1 is 1.25 bits per heavy atom. The van der Waals surface area contributed by atoms with Crippen LogP contribution in [0.5, 0.6) is 0 Å². The third-order valence-electron chi connectivity index (χ3n) is 4.32. The third kappa shape index (κ3) is 4.18. The van der Waals surface area contributed by atoms with Crippen LogP contribution in [0, 0.1) is 5.92 Å². The molecule has 6 heteroatoms. The van der Waals surface area contributed by atoms with Crippen LogP contribution in [0.25, 0.3) is 0 Å². The average Bonchev–Trinajstić information content (AvgIpc) is 3.20. The zero-order valence-electron chi connectivity index (χ0n) is 11.9. The quantitative estimate of drug-likeness (QED) is 0.560. The maximum absolute atomic E-state index is 11.8. The van der Waals surface area contributed by atoms with E-state index in [4.69, 9.17) is 5.11 Å². The van der Waals surface area contributed by atoms with Gasteiger partial charge in [0.2, 0.25) is 5.91 Å². The highest BCUT2D eigenvalue weighted by atomic mass is 16.4. The largest absolute Gasteiger partial charge is 0.481 e. The van der Waals surface area contributed by atoms with Gasteiger partial charge in [-0.3, -0.25) is 9.59 Å². The van der Waals surface area contributed by atoms with Gasteiger partial charge in [0, 0.05) is 12.6 Å². The molecule has 20 heavy (non-hydrogen) atoms. The minimum absolute atomic E-state index is 0.0321. The summed E-state index contributed by atoms with van der Waals surface area (Å²) < 4.78 is 0. The number of carbonyl (C=O) groups is 2. The lowest BCUT2D eigenvalue weighted by molar-refractivity contribution is -0.144. The van der Waals surface area contributed by atoms with Crippen LogP contribution in [-0.4, -0.2) is 46.3 Å². The van der Waals surface area contributed by atoms with Gasteiger partial charge in [-0.15, -0.1) is 0 Å². The molecule has 2 aliphatic carbocycles. The number of carbonyl (C=O) groups excluding carboxylic acids is 1. The van der Waals surface area contributed by atoms with Crippen LogP contribution in [0.4, 0.5) is 0 Å². The van der Waals surface area contributed by atoms with Crippen molar-refractivity contribution in [1.82, 2.24) is 10.6 Å². The predicted octanol–water partition coefficient (Wildman–Crippen LogP) is 0.249. The van der Waals surface area contributed by atoms with Crippen LogP contribution in [-0.2, 0) is 9.59 Å². The van der Waals surface area contributed by atoms with Crippen LogP contribution in [0.3, 0.4) is 0 Å². The minimum Gasteiger partial charge on any atom is -0.481 e. The summed E-state index contributed by atoms with van der Waals surface area (Å²) in [6, 6.07) is -0.00216. The van der Waals surface area contributed by atoms with E-state index in [0.29, 0.717) is 38.3 Å². The van der Waals surface area contributed by atoms with Gasteiger partial charge in [0.1, 0.15) is 0 Å². The Hall–Kier alpha value is -1.14. The van der Waals surface area contributed by atoms with E-state index in [-0.39, 0.29) is 17.9 Å². The van der Waals surface area contributed by atoms with Crippen LogP contribution in [0.2, 0.25) is 0 Å². The number of aliphatic carboxylic acids is 1. The minimum atomic E-state index is -0.889. The Kier molecular flexibility index (Phi) is 4.65. The normalized spacial score (nSPS) is 31.6. The van der Waals surface area contributed by atoms with Crippen LogP contribution in [0.1, 0.15) is 45.4 Å². The zero-order chi connectivity index (χ0) is 14.8. The van der Waals surface area contributed by atoms with E-state index < -0.39 is 11.6 Å². The van der Waals surface area contributed by atoms with E-state index in [0.717, 1.165) is 12.8 Å². The first-order valence-corrected chi connectivity index (χ1v) is 7.38. The number of amides is 1. The summed E-state index contributed by atoms with van der Waals surface area (Å²) in [7, 11) is 0. The molecule has 0 radical (unpaired) electrons. The summed E-state index contributed by atoms with van der Waals surface area (Å²) in [5.41, 5.74) is -0.889. The number of aliphatic hydroxyl groups is 1. The average molecular weight is 284 g/mol. The number of rotatable bonds is 6. The first-order chi connectivity index (χ1) is 9.39. The Morgan fingerprint density at radius 3 is 2.35 bits per heavy atom. The summed E-state index contributed by atoms with van der Waals surface area (Å²) in [5.74, 6) is -1.15. The van der Waals surface area contributed by atoms with E-state index in [1.54, 1.807) is 6.92 Å². The monoisotopic (exact) mass is 284 g/mol. The van der Waals surface area contributed by atoms with Crippen LogP contribution < -0.4 is 10.6 Å². The number of carboxylic acid groups (broad SMARTS) is 1. The topological polar surface area (TPSA) is 98.7 Å². The van der Waals surface area contributed by atoms with Gasteiger partial charge in [-0.05, 0) is 45.4 Å². The lowest BCUT2D eigenvalue weighted by atomic mass is 9.78. The number of carboxylic acids is 1. The van der Waals surface area contributed by atoms with Crippen molar-refractivity contribution in [1.29, 1.82) is 0 Å². The van der Waals surface area contributed by atoms with Gasteiger partial charge < -0.3 is 20.8 Å². The van der Waals surface area contributed by atoms with Crippen molar-refractivity contribution in [3.8, 4) is 0 Å². The van der Waals surface area contributed by atoms with Crippen molar-refractivity contribution in [2.24, 2.45) is 5.92 Å². The van der Waals surface area contributed by atoms with Gasteiger partial charge in [-0.25, -0.2) is 0 Å². The fraction of sp³-hybridized carbons (Fsp3) is 0.857. The summed E-state index contributed by atoms with van der Waals surface area (Å²) in [5, 5.41) is 25.3. The highest BCUT2D eigenvalue weighted by molar-refractivity contribution is 5.81. The van der Waals surface area contributed by atoms with Crippen molar-refractivity contribution in [2.75, 3.05) is 6.54 Å². The fourth-order valence-corrected chi connectivity index (χ4v) is 2.57. The predicted molar refractivity (Wildman–Crippen MR) is 73.2 cm³/mol. The second-order valence-electron chi connectivity index (χ2n) is 6.22. The smallest absolute Gasteiger partial charge is 0.306 e. The molecule has 0 spiro atoms. The molecule has 1 unspecified atom stereocenters. The molecule has 0 aromatic heterocycles. The summed E-state index contributed by atoms with van der Waals surface area (Å²) in [6.45, 7) is 2.11. The number of hydrogen-bond acceptors (Lipinski definition) is 4. The molecule has 0 aromatic rings. The molecule has 0 bridgehead atoms. The lowest BCUT2D eigenvalue weighted by Crippen LogP contribution is -2.50. The first-order valence-electron chi connectivity index (χ1n) is 7.38. The summed E-state index contributed by atoms with van der Waals surface area (Å²) >= 11 is 0. The molecule has 2 aliphatic rings.